The zero-order valence-corrected chi connectivity index (χ0v) is 11.1. The molecule has 2 N–H and O–H groups in total. The van der Waals surface area contributed by atoms with Crippen molar-refractivity contribution in [3.8, 4) is 0 Å². The summed E-state index contributed by atoms with van der Waals surface area (Å²) in [4.78, 5) is 12.4. The fourth-order valence-electron chi connectivity index (χ4n) is 1.29. The Morgan fingerprint density at radius 3 is 2.94 bits per heavy atom. The highest BCUT2D eigenvalue weighted by Crippen LogP contribution is 2.18. The first kappa shape index (κ1) is 12.3. The Kier molecular flexibility index (Phi) is 3.98. The lowest BCUT2D eigenvalue weighted by atomic mass is 10.3. The molecule has 0 fully saturated rings. The third kappa shape index (κ3) is 3.18. The summed E-state index contributed by atoms with van der Waals surface area (Å²) in [6.45, 7) is 0.164. The number of hydrogen-bond acceptors (Lipinski definition) is 4. The molecular weight excluding hydrogens is 306 g/mol. The molecule has 0 saturated heterocycles. The second kappa shape index (κ2) is 5.48. The van der Waals surface area contributed by atoms with Crippen molar-refractivity contribution in [3.05, 3.63) is 45.0 Å². The van der Waals surface area contributed by atoms with Crippen LogP contribution in [0.2, 0.25) is 0 Å². The standard InChI is InChI=1S/C11H10BrNO3S/c12-10-4-3-8(16-10)11(15)13-6-7(14)9-2-1-5-17-9/h1-5,7,14H,6H2,(H,13,15)/t7-/m0/s1. The minimum atomic E-state index is -0.683. The first-order chi connectivity index (χ1) is 8.16. The number of rotatable bonds is 4. The topological polar surface area (TPSA) is 62.5 Å². The maximum atomic E-state index is 11.6. The Labute approximate surface area is 110 Å². The Morgan fingerprint density at radius 1 is 1.53 bits per heavy atom. The zero-order chi connectivity index (χ0) is 12.3. The third-order valence-electron chi connectivity index (χ3n) is 2.12. The Balaban J connectivity index is 1.88. The van der Waals surface area contributed by atoms with Crippen molar-refractivity contribution in [1.82, 2.24) is 5.32 Å². The third-order valence-corrected chi connectivity index (χ3v) is 3.52. The fourth-order valence-corrected chi connectivity index (χ4v) is 2.31. The average Bonchev–Trinajstić information content (AvgIpc) is 2.95. The van der Waals surface area contributed by atoms with Gasteiger partial charge in [0.1, 0.15) is 6.10 Å². The van der Waals surface area contributed by atoms with E-state index in [-0.39, 0.29) is 18.2 Å². The molecule has 6 heteroatoms. The number of halogens is 1. The fraction of sp³-hybridized carbons (Fsp3) is 0.182. The van der Waals surface area contributed by atoms with Gasteiger partial charge in [0.05, 0.1) is 0 Å². The van der Waals surface area contributed by atoms with Gasteiger partial charge in [0.15, 0.2) is 10.4 Å². The van der Waals surface area contributed by atoms with Crippen molar-refractivity contribution in [3.63, 3.8) is 0 Å². The molecule has 1 atom stereocenters. The molecule has 0 aliphatic carbocycles. The summed E-state index contributed by atoms with van der Waals surface area (Å²) in [5, 5.41) is 14.2. The van der Waals surface area contributed by atoms with E-state index in [2.05, 4.69) is 21.2 Å². The van der Waals surface area contributed by atoms with Gasteiger partial charge in [-0.15, -0.1) is 11.3 Å². The molecule has 0 radical (unpaired) electrons. The van der Waals surface area contributed by atoms with E-state index >= 15 is 0 Å². The van der Waals surface area contributed by atoms with Gasteiger partial charge in [-0.1, -0.05) is 6.07 Å². The van der Waals surface area contributed by atoms with Gasteiger partial charge in [-0.25, -0.2) is 0 Å². The van der Waals surface area contributed by atoms with Gasteiger partial charge in [0.25, 0.3) is 5.91 Å². The summed E-state index contributed by atoms with van der Waals surface area (Å²) in [5.41, 5.74) is 0. The SMILES string of the molecule is O=C(NC[C@H](O)c1cccs1)c1ccc(Br)o1. The quantitative estimate of drug-likeness (QED) is 0.911. The van der Waals surface area contributed by atoms with E-state index in [0.717, 1.165) is 4.88 Å². The average molecular weight is 316 g/mol. The number of aliphatic hydroxyl groups is 1. The maximum Gasteiger partial charge on any atom is 0.287 e. The molecule has 4 nitrogen and oxygen atoms in total. The van der Waals surface area contributed by atoms with Crippen molar-refractivity contribution in [2.75, 3.05) is 6.54 Å². The zero-order valence-electron chi connectivity index (χ0n) is 8.72. The Hall–Kier alpha value is -1.11. The molecule has 0 unspecified atom stereocenters. The highest BCUT2D eigenvalue weighted by atomic mass is 79.9. The van der Waals surface area contributed by atoms with Gasteiger partial charge in [-0.05, 0) is 39.5 Å². The Bertz CT molecular complexity index is 495. The van der Waals surface area contributed by atoms with E-state index in [0.29, 0.717) is 4.67 Å². The van der Waals surface area contributed by atoms with Crippen LogP contribution in [-0.4, -0.2) is 17.6 Å². The van der Waals surface area contributed by atoms with Crippen molar-refractivity contribution >= 4 is 33.2 Å². The summed E-state index contributed by atoms with van der Waals surface area (Å²) in [7, 11) is 0. The highest BCUT2D eigenvalue weighted by molar-refractivity contribution is 9.10. The summed E-state index contributed by atoms with van der Waals surface area (Å²) < 4.78 is 5.60. The first-order valence-corrected chi connectivity index (χ1v) is 6.59. The minimum Gasteiger partial charge on any atom is -0.444 e. The maximum absolute atomic E-state index is 11.6. The van der Waals surface area contributed by atoms with Crippen LogP contribution in [0.1, 0.15) is 21.5 Å². The number of carbonyl (C=O) groups excluding carboxylic acids is 1. The molecule has 0 aliphatic heterocycles. The predicted molar refractivity (Wildman–Crippen MR) is 68.0 cm³/mol. The molecule has 2 heterocycles. The monoisotopic (exact) mass is 315 g/mol. The van der Waals surface area contributed by atoms with Crippen molar-refractivity contribution in [1.29, 1.82) is 0 Å². The van der Waals surface area contributed by atoms with Crippen LogP contribution in [0.5, 0.6) is 0 Å². The number of thiophene rings is 1. The molecule has 1 amide bonds. The van der Waals surface area contributed by atoms with Crippen LogP contribution in [0.25, 0.3) is 0 Å². The van der Waals surface area contributed by atoms with Crippen LogP contribution in [0, 0.1) is 0 Å². The minimum absolute atomic E-state index is 0.164. The number of carbonyl (C=O) groups is 1. The molecule has 2 aromatic rings. The summed E-state index contributed by atoms with van der Waals surface area (Å²) in [6, 6.07) is 6.89. The van der Waals surface area contributed by atoms with E-state index in [9.17, 15) is 9.90 Å². The molecule has 0 spiro atoms. The van der Waals surface area contributed by atoms with Gasteiger partial charge in [0.2, 0.25) is 0 Å². The lowest BCUT2D eigenvalue weighted by Gasteiger charge is -2.08. The van der Waals surface area contributed by atoms with Crippen LogP contribution in [0.3, 0.4) is 0 Å². The van der Waals surface area contributed by atoms with Gasteiger partial charge in [-0.2, -0.15) is 0 Å². The molecule has 90 valence electrons. The summed E-state index contributed by atoms with van der Waals surface area (Å²) in [5.74, 6) is -0.124. The van der Waals surface area contributed by atoms with Crippen LogP contribution in [0.15, 0.2) is 38.7 Å². The largest absolute Gasteiger partial charge is 0.444 e. The van der Waals surface area contributed by atoms with Crippen LogP contribution in [0.4, 0.5) is 0 Å². The van der Waals surface area contributed by atoms with Crippen LogP contribution in [-0.2, 0) is 0 Å². The molecular formula is C11H10BrNO3S. The van der Waals surface area contributed by atoms with E-state index < -0.39 is 6.10 Å². The predicted octanol–water partition coefficient (Wildman–Crippen LogP) is 2.57. The summed E-state index contributed by atoms with van der Waals surface area (Å²) >= 11 is 4.57. The van der Waals surface area contributed by atoms with E-state index in [1.54, 1.807) is 12.1 Å². The second-order valence-corrected chi connectivity index (χ2v) is 5.11. The highest BCUT2D eigenvalue weighted by Gasteiger charge is 2.13. The van der Waals surface area contributed by atoms with E-state index in [4.69, 9.17) is 4.42 Å². The molecule has 2 aromatic heterocycles. The van der Waals surface area contributed by atoms with Gasteiger partial charge in [0, 0.05) is 11.4 Å². The Morgan fingerprint density at radius 2 is 2.35 bits per heavy atom. The van der Waals surface area contributed by atoms with Gasteiger partial charge < -0.3 is 14.8 Å². The van der Waals surface area contributed by atoms with Gasteiger partial charge in [-0.3, -0.25) is 4.79 Å². The van der Waals surface area contributed by atoms with Crippen molar-refractivity contribution < 1.29 is 14.3 Å². The van der Waals surface area contributed by atoms with Crippen molar-refractivity contribution in [2.24, 2.45) is 0 Å². The van der Waals surface area contributed by atoms with E-state index in [1.165, 1.54) is 11.3 Å². The number of aliphatic hydroxyl groups excluding tert-OH is 1. The number of furan rings is 1. The van der Waals surface area contributed by atoms with Crippen LogP contribution < -0.4 is 5.32 Å². The molecule has 0 aromatic carbocycles. The van der Waals surface area contributed by atoms with Crippen LogP contribution >= 0.6 is 27.3 Å². The van der Waals surface area contributed by atoms with Gasteiger partial charge >= 0.3 is 0 Å². The number of amides is 1. The molecule has 17 heavy (non-hydrogen) atoms. The molecule has 0 aliphatic rings. The smallest absolute Gasteiger partial charge is 0.287 e. The lowest BCUT2D eigenvalue weighted by Crippen LogP contribution is -2.27. The number of hydrogen-bond donors (Lipinski definition) is 2. The summed E-state index contributed by atoms with van der Waals surface area (Å²) in [6.07, 6.45) is -0.683. The molecule has 0 bridgehead atoms. The normalized spacial score (nSPS) is 12.4. The first-order valence-electron chi connectivity index (χ1n) is 4.92. The molecule has 2 rings (SSSR count). The number of nitrogens with one attached hydrogen (secondary N) is 1. The van der Waals surface area contributed by atoms with E-state index in [1.807, 2.05) is 17.5 Å². The van der Waals surface area contributed by atoms with Crippen molar-refractivity contribution in [2.45, 2.75) is 6.10 Å². The lowest BCUT2D eigenvalue weighted by molar-refractivity contribution is 0.0889. The molecule has 0 saturated carbocycles. The second-order valence-electron chi connectivity index (χ2n) is 3.35.